The van der Waals surface area contributed by atoms with Gasteiger partial charge in [-0.15, -0.1) is 0 Å². The lowest BCUT2D eigenvalue weighted by atomic mass is 10.1. The highest BCUT2D eigenvalue weighted by molar-refractivity contribution is 5.93. The van der Waals surface area contributed by atoms with E-state index >= 15 is 0 Å². The van der Waals surface area contributed by atoms with Gasteiger partial charge in [-0.05, 0) is 19.3 Å². The van der Waals surface area contributed by atoms with Crippen LogP contribution in [-0.2, 0) is 28.8 Å². The number of carbonyl (C=O) groups excluding carboxylic acids is 6. The monoisotopic (exact) mass is 512 g/mol. The predicted octanol–water partition coefficient (Wildman–Crippen LogP) is -0.599. The van der Waals surface area contributed by atoms with Gasteiger partial charge in [0, 0.05) is 0 Å². The minimum atomic E-state index is -0.886. The topological polar surface area (TPSA) is 189 Å². The third-order valence-electron chi connectivity index (χ3n) is 5.41. The van der Waals surface area contributed by atoms with Crippen molar-refractivity contribution in [2.45, 2.75) is 96.7 Å². The molecule has 7 N–H and O–H groups in total. The number of aldehydes is 1. The molecule has 0 saturated heterocycles. The van der Waals surface area contributed by atoms with Crippen LogP contribution >= 0.6 is 0 Å². The highest BCUT2D eigenvalue weighted by atomic mass is 16.2. The first-order valence-electron chi connectivity index (χ1n) is 12.8. The Morgan fingerprint density at radius 1 is 0.667 bits per heavy atom. The molecule has 0 aliphatic heterocycles. The molecule has 36 heavy (non-hydrogen) atoms. The lowest BCUT2D eigenvalue weighted by molar-refractivity contribution is -0.132. The molecule has 0 bridgehead atoms. The summed E-state index contributed by atoms with van der Waals surface area (Å²) in [5.74, 6) is -2.56. The first-order chi connectivity index (χ1) is 17.2. The van der Waals surface area contributed by atoms with Gasteiger partial charge in [-0.25, -0.2) is 0 Å². The summed E-state index contributed by atoms with van der Waals surface area (Å²) in [4.78, 5) is 72.0. The molecule has 0 aromatic heterocycles. The van der Waals surface area contributed by atoms with Gasteiger partial charge in [0.25, 0.3) is 0 Å². The molecule has 206 valence electrons. The largest absolute Gasteiger partial charge is 0.348 e. The van der Waals surface area contributed by atoms with Crippen molar-refractivity contribution in [2.75, 3.05) is 19.6 Å². The van der Waals surface area contributed by atoms with E-state index in [9.17, 15) is 28.8 Å². The Labute approximate surface area is 213 Å². The molecule has 0 aliphatic rings. The maximum absolute atomic E-state index is 12.7. The van der Waals surface area contributed by atoms with Gasteiger partial charge in [0.1, 0.15) is 18.4 Å². The molecule has 0 aromatic rings. The highest BCUT2D eigenvalue weighted by Crippen LogP contribution is 2.03. The van der Waals surface area contributed by atoms with Crippen LogP contribution in [0.3, 0.4) is 0 Å². The van der Waals surface area contributed by atoms with Crippen LogP contribution in [0.15, 0.2) is 0 Å². The number of hydrogen-bond acceptors (Lipinski definition) is 7. The molecule has 0 rings (SSSR count). The van der Waals surface area contributed by atoms with Gasteiger partial charge in [0.05, 0.1) is 25.7 Å². The Bertz CT molecular complexity index is 717. The minimum Gasteiger partial charge on any atom is -0.348 e. The van der Waals surface area contributed by atoms with E-state index in [1.54, 1.807) is 0 Å². The van der Waals surface area contributed by atoms with Gasteiger partial charge in [0.15, 0.2) is 0 Å². The van der Waals surface area contributed by atoms with Crippen LogP contribution in [0.25, 0.3) is 0 Å². The van der Waals surface area contributed by atoms with Crippen LogP contribution in [-0.4, -0.2) is 73.6 Å². The Kier molecular flexibility index (Phi) is 18.5. The van der Waals surface area contributed by atoms with E-state index < -0.39 is 47.7 Å². The Morgan fingerprint density at radius 2 is 1.08 bits per heavy atom. The van der Waals surface area contributed by atoms with Crippen LogP contribution in [0.1, 0.15) is 78.6 Å². The summed E-state index contributed by atoms with van der Waals surface area (Å²) in [6.45, 7) is 5.01. The number of amides is 5. The van der Waals surface area contributed by atoms with Gasteiger partial charge in [-0.2, -0.15) is 0 Å². The summed E-state index contributed by atoms with van der Waals surface area (Å²) in [7, 11) is 0. The molecule has 0 aliphatic carbocycles. The van der Waals surface area contributed by atoms with Gasteiger partial charge < -0.3 is 37.1 Å². The third kappa shape index (κ3) is 15.1. The molecule has 3 unspecified atom stereocenters. The molecular formula is C24H44N6O6. The number of rotatable bonds is 20. The SMILES string of the molecule is CCCCC(N)C(=O)NCC(=O)NC(CCCC)C(=O)NCC(=O)NC(CCCC)C(=O)NCC=O. The minimum absolute atomic E-state index is 0.155. The van der Waals surface area contributed by atoms with Crippen molar-refractivity contribution in [2.24, 2.45) is 5.73 Å². The molecule has 0 aromatic carbocycles. The second kappa shape index (κ2) is 20.2. The fraction of sp³-hybridized carbons (Fsp3) is 0.750. The lowest BCUT2D eigenvalue weighted by Crippen LogP contribution is -2.53. The number of nitrogens with one attached hydrogen (secondary N) is 5. The second-order valence-corrected chi connectivity index (χ2v) is 8.62. The second-order valence-electron chi connectivity index (χ2n) is 8.62. The number of carbonyl (C=O) groups is 6. The Balaban J connectivity index is 4.82. The molecule has 12 nitrogen and oxygen atoms in total. The molecule has 0 radical (unpaired) electrons. The van der Waals surface area contributed by atoms with Crippen LogP contribution in [0.5, 0.6) is 0 Å². The summed E-state index contributed by atoms with van der Waals surface area (Å²) in [5.41, 5.74) is 5.79. The average molecular weight is 513 g/mol. The van der Waals surface area contributed by atoms with Crippen molar-refractivity contribution in [3.8, 4) is 0 Å². The van der Waals surface area contributed by atoms with Crippen molar-refractivity contribution in [3.63, 3.8) is 0 Å². The van der Waals surface area contributed by atoms with Crippen LogP contribution < -0.4 is 32.3 Å². The smallest absolute Gasteiger partial charge is 0.243 e. The first-order valence-corrected chi connectivity index (χ1v) is 12.8. The lowest BCUT2D eigenvalue weighted by Gasteiger charge is -2.20. The van der Waals surface area contributed by atoms with Crippen molar-refractivity contribution in [3.05, 3.63) is 0 Å². The molecule has 5 amide bonds. The highest BCUT2D eigenvalue weighted by Gasteiger charge is 2.23. The summed E-state index contributed by atoms with van der Waals surface area (Å²) in [6, 6.07) is -2.41. The number of nitrogens with two attached hydrogens (primary N) is 1. The molecule has 12 heteroatoms. The van der Waals surface area contributed by atoms with Gasteiger partial charge in [0.2, 0.25) is 29.5 Å². The van der Waals surface area contributed by atoms with Crippen LogP contribution in [0, 0.1) is 0 Å². The maximum Gasteiger partial charge on any atom is 0.243 e. The zero-order valence-corrected chi connectivity index (χ0v) is 21.8. The first kappa shape index (κ1) is 33.0. The zero-order chi connectivity index (χ0) is 27.3. The molecule has 0 heterocycles. The van der Waals surface area contributed by atoms with Crippen LogP contribution in [0.2, 0.25) is 0 Å². The van der Waals surface area contributed by atoms with Crippen molar-refractivity contribution >= 4 is 35.8 Å². The number of unbranched alkanes of at least 4 members (excludes halogenated alkanes) is 3. The van der Waals surface area contributed by atoms with Gasteiger partial charge >= 0.3 is 0 Å². The van der Waals surface area contributed by atoms with Crippen molar-refractivity contribution < 1.29 is 28.8 Å². The molecule has 0 saturated carbocycles. The molecule has 0 spiro atoms. The van der Waals surface area contributed by atoms with E-state index in [0.29, 0.717) is 38.4 Å². The maximum atomic E-state index is 12.7. The fourth-order valence-electron chi connectivity index (χ4n) is 3.25. The van der Waals surface area contributed by atoms with Gasteiger partial charge in [-0.1, -0.05) is 59.3 Å². The number of hydrogen-bond donors (Lipinski definition) is 6. The summed E-state index contributed by atoms with van der Waals surface area (Å²) < 4.78 is 0. The standard InChI is InChI=1S/C24H44N6O6/c1-4-7-10-17(25)22(34)27-15-20(32)30-19(12-9-6-3)24(36)28-16-21(33)29-18(11-8-5-2)23(35)26-13-14-31/h14,17-19H,4-13,15-16,25H2,1-3H3,(H,26,35)(H,27,34)(H,28,36)(H,29,33)(H,30,32). The molecule has 3 atom stereocenters. The zero-order valence-electron chi connectivity index (χ0n) is 21.8. The van der Waals surface area contributed by atoms with E-state index in [4.69, 9.17) is 5.73 Å². The van der Waals surface area contributed by atoms with E-state index in [2.05, 4.69) is 26.6 Å². The quantitative estimate of drug-likeness (QED) is 0.117. The van der Waals surface area contributed by atoms with E-state index in [1.807, 2.05) is 20.8 Å². The normalized spacial score (nSPS) is 13.0. The Hall–Kier alpha value is -3.02. The van der Waals surface area contributed by atoms with Gasteiger partial charge in [-0.3, -0.25) is 24.0 Å². The van der Waals surface area contributed by atoms with E-state index in [-0.39, 0.29) is 19.6 Å². The third-order valence-corrected chi connectivity index (χ3v) is 5.41. The average Bonchev–Trinajstić information content (AvgIpc) is 2.87. The fourth-order valence-corrected chi connectivity index (χ4v) is 3.25. The van der Waals surface area contributed by atoms with Crippen LogP contribution in [0.4, 0.5) is 0 Å². The molecular weight excluding hydrogens is 468 g/mol. The molecule has 0 fully saturated rings. The summed E-state index contributed by atoms with van der Waals surface area (Å²) in [5, 5.41) is 12.5. The van der Waals surface area contributed by atoms with E-state index in [1.165, 1.54) is 0 Å². The van der Waals surface area contributed by atoms with Crippen molar-refractivity contribution in [1.29, 1.82) is 0 Å². The van der Waals surface area contributed by atoms with E-state index in [0.717, 1.165) is 25.7 Å². The summed E-state index contributed by atoms with van der Waals surface area (Å²) in [6.07, 6.45) is 6.48. The Morgan fingerprint density at radius 3 is 1.53 bits per heavy atom. The predicted molar refractivity (Wildman–Crippen MR) is 136 cm³/mol. The van der Waals surface area contributed by atoms with Crippen molar-refractivity contribution in [1.82, 2.24) is 26.6 Å². The summed E-state index contributed by atoms with van der Waals surface area (Å²) >= 11 is 0.